The normalized spacial score (nSPS) is 11.4. The summed E-state index contributed by atoms with van der Waals surface area (Å²) in [7, 11) is 4.13. The highest BCUT2D eigenvalue weighted by molar-refractivity contribution is 7.18. The Hall–Kier alpha value is -2.13. The zero-order valence-corrected chi connectivity index (χ0v) is 14.8. The molecule has 3 rings (SSSR count). The molecule has 2 nitrogen and oxygen atoms in total. The van der Waals surface area contributed by atoms with Gasteiger partial charge in [-0.3, -0.25) is 0 Å². The van der Waals surface area contributed by atoms with Crippen LogP contribution >= 0.6 is 11.3 Å². The summed E-state index contributed by atoms with van der Waals surface area (Å²) in [6.45, 7) is 3.29. The topological polar surface area (TPSA) is 7.12 Å². The second kappa shape index (κ2) is 6.97. The molecule has 0 radical (unpaired) electrons. The quantitative estimate of drug-likeness (QED) is 0.610. The van der Waals surface area contributed by atoms with Crippen LogP contribution in [-0.2, 0) is 6.54 Å². The van der Waals surface area contributed by atoms with Crippen LogP contribution in [0.25, 0.3) is 22.4 Å². The highest BCUT2D eigenvalue weighted by Gasteiger charge is 2.16. The Morgan fingerprint density at radius 2 is 1.74 bits per heavy atom. The number of para-hydroxylation sites is 1. The smallest absolute Gasteiger partial charge is 0.262 e. The van der Waals surface area contributed by atoms with Gasteiger partial charge in [0.25, 0.3) is 5.01 Å². The number of aryl methyl sites for hydroxylation is 1. The van der Waals surface area contributed by atoms with E-state index >= 15 is 0 Å². The van der Waals surface area contributed by atoms with E-state index in [1.165, 1.54) is 26.5 Å². The monoisotopic (exact) mass is 323 g/mol. The molecule has 0 unspecified atom stereocenters. The summed E-state index contributed by atoms with van der Waals surface area (Å²) in [5, 5.41) is 1.31. The largest absolute Gasteiger partial charge is 0.378 e. The van der Waals surface area contributed by atoms with Gasteiger partial charge in [-0.15, -0.1) is 0 Å². The molecule has 2 aromatic carbocycles. The average Bonchev–Trinajstić information content (AvgIpc) is 2.92. The van der Waals surface area contributed by atoms with Crippen LogP contribution in [0.4, 0.5) is 5.69 Å². The Bertz CT molecular complexity index is 813. The lowest BCUT2D eigenvalue weighted by Crippen LogP contribution is -2.34. The van der Waals surface area contributed by atoms with Crippen molar-refractivity contribution in [1.29, 1.82) is 0 Å². The highest BCUT2D eigenvalue weighted by Crippen LogP contribution is 2.22. The lowest BCUT2D eigenvalue weighted by atomic mass is 10.2. The van der Waals surface area contributed by atoms with Gasteiger partial charge in [0.1, 0.15) is 11.2 Å². The predicted octanol–water partition coefficient (Wildman–Crippen LogP) is 4.84. The molecule has 0 aliphatic carbocycles. The fourth-order valence-corrected chi connectivity index (χ4v) is 3.77. The molecule has 0 saturated carbocycles. The summed E-state index contributed by atoms with van der Waals surface area (Å²) in [5.74, 6) is 0. The van der Waals surface area contributed by atoms with Gasteiger partial charge in [0.2, 0.25) is 5.52 Å². The molecule has 0 N–H and O–H groups in total. The molecule has 0 amide bonds. The molecule has 3 heteroatoms. The maximum atomic E-state index is 2.42. The Morgan fingerprint density at radius 3 is 2.43 bits per heavy atom. The van der Waals surface area contributed by atoms with Crippen LogP contribution in [0.1, 0.15) is 23.9 Å². The minimum absolute atomic E-state index is 1.06. The zero-order chi connectivity index (χ0) is 16.2. The van der Waals surface area contributed by atoms with E-state index in [-0.39, 0.29) is 0 Å². The number of benzene rings is 2. The van der Waals surface area contributed by atoms with E-state index in [0.717, 1.165) is 13.0 Å². The molecule has 1 aromatic heterocycles. The third-order valence-electron chi connectivity index (χ3n) is 3.91. The number of rotatable bonds is 5. The van der Waals surface area contributed by atoms with E-state index in [1.807, 2.05) is 11.3 Å². The summed E-state index contributed by atoms with van der Waals surface area (Å²) in [6.07, 6.45) is 5.59. The van der Waals surface area contributed by atoms with Crippen LogP contribution in [0.3, 0.4) is 0 Å². The van der Waals surface area contributed by atoms with Crippen LogP contribution in [-0.4, -0.2) is 14.1 Å². The second-order valence-corrected chi connectivity index (χ2v) is 6.94. The van der Waals surface area contributed by atoms with Gasteiger partial charge in [-0.2, -0.15) is 4.57 Å². The van der Waals surface area contributed by atoms with Crippen molar-refractivity contribution < 1.29 is 4.57 Å². The van der Waals surface area contributed by atoms with Gasteiger partial charge in [0, 0.05) is 38.3 Å². The predicted molar refractivity (Wildman–Crippen MR) is 102 cm³/mol. The van der Waals surface area contributed by atoms with Gasteiger partial charge in [0.05, 0.1) is 0 Å². The van der Waals surface area contributed by atoms with Crippen LogP contribution in [0.15, 0.2) is 48.5 Å². The lowest BCUT2D eigenvalue weighted by molar-refractivity contribution is -0.668. The Labute approximate surface area is 142 Å². The molecular weight excluding hydrogens is 300 g/mol. The molecule has 0 atom stereocenters. The molecule has 0 spiro atoms. The molecule has 118 valence electrons. The molecule has 0 bridgehead atoms. The van der Waals surface area contributed by atoms with Crippen molar-refractivity contribution >= 4 is 39.4 Å². The van der Waals surface area contributed by atoms with Crippen molar-refractivity contribution in [3.8, 4) is 0 Å². The maximum Gasteiger partial charge on any atom is 0.262 e. The van der Waals surface area contributed by atoms with E-state index in [0.29, 0.717) is 0 Å². The van der Waals surface area contributed by atoms with Gasteiger partial charge in [-0.05, 0) is 29.8 Å². The number of thiazole rings is 1. The standard InChI is InChI=1S/C20H23N2S/c1-4-15-22-18-7-5-6-8-19(18)23-20(22)14-11-16-9-12-17(13-10-16)21(2)3/h5-14H,4,15H2,1-3H3/q+1. The van der Waals surface area contributed by atoms with Crippen molar-refractivity contribution in [2.24, 2.45) is 0 Å². The lowest BCUT2D eigenvalue weighted by Gasteiger charge is -2.11. The van der Waals surface area contributed by atoms with E-state index < -0.39 is 0 Å². The first-order valence-corrected chi connectivity index (χ1v) is 8.87. The van der Waals surface area contributed by atoms with Crippen LogP contribution in [0.5, 0.6) is 0 Å². The van der Waals surface area contributed by atoms with E-state index in [9.17, 15) is 0 Å². The molecule has 0 aliphatic rings. The summed E-state index contributed by atoms with van der Waals surface area (Å²) in [5.41, 5.74) is 3.79. The van der Waals surface area contributed by atoms with Crippen LogP contribution in [0, 0.1) is 0 Å². The molecule has 1 heterocycles. The minimum atomic E-state index is 1.06. The minimum Gasteiger partial charge on any atom is -0.378 e. The van der Waals surface area contributed by atoms with Crippen molar-refractivity contribution in [3.63, 3.8) is 0 Å². The number of fused-ring (bicyclic) bond motifs is 1. The number of aromatic nitrogens is 1. The first-order valence-electron chi connectivity index (χ1n) is 8.06. The van der Waals surface area contributed by atoms with Gasteiger partial charge >= 0.3 is 0 Å². The SMILES string of the molecule is CCC[n+]1c(C=Cc2ccc(N(C)C)cc2)sc2ccccc21. The zero-order valence-electron chi connectivity index (χ0n) is 14.0. The molecular formula is C20H23N2S+. The third kappa shape index (κ3) is 3.45. The third-order valence-corrected chi connectivity index (χ3v) is 5.04. The first kappa shape index (κ1) is 15.8. The van der Waals surface area contributed by atoms with Crippen molar-refractivity contribution in [3.05, 3.63) is 59.1 Å². The molecule has 0 aliphatic heterocycles. The number of hydrogen-bond donors (Lipinski definition) is 0. The van der Waals surface area contributed by atoms with Gasteiger partial charge < -0.3 is 4.90 Å². The molecule has 0 fully saturated rings. The highest BCUT2D eigenvalue weighted by atomic mass is 32.1. The summed E-state index contributed by atoms with van der Waals surface area (Å²) < 4.78 is 3.77. The molecule has 23 heavy (non-hydrogen) atoms. The average molecular weight is 323 g/mol. The van der Waals surface area contributed by atoms with Crippen molar-refractivity contribution in [2.75, 3.05) is 19.0 Å². The van der Waals surface area contributed by atoms with Gasteiger partial charge in [0.15, 0.2) is 0 Å². The van der Waals surface area contributed by atoms with E-state index in [1.54, 1.807) is 0 Å². The number of anilines is 1. The number of nitrogens with zero attached hydrogens (tertiary/aromatic N) is 2. The molecule has 3 aromatic rings. The molecule has 0 saturated heterocycles. The Kier molecular flexibility index (Phi) is 4.77. The van der Waals surface area contributed by atoms with Gasteiger partial charge in [-0.25, -0.2) is 0 Å². The Balaban J connectivity index is 1.92. The fraction of sp³-hybridized carbons (Fsp3) is 0.250. The van der Waals surface area contributed by atoms with Crippen molar-refractivity contribution in [1.82, 2.24) is 0 Å². The second-order valence-electron chi connectivity index (χ2n) is 5.88. The van der Waals surface area contributed by atoms with Gasteiger partial charge in [-0.1, -0.05) is 42.5 Å². The summed E-state index contributed by atoms with van der Waals surface area (Å²) in [6, 6.07) is 17.3. The Morgan fingerprint density at radius 1 is 1.00 bits per heavy atom. The number of hydrogen-bond acceptors (Lipinski definition) is 2. The fourth-order valence-electron chi connectivity index (χ4n) is 2.68. The van der Waals surface area contributed by atoms with Crippen molar-refractivity contribution in [2.45, 2.75) is 19.9 Å². The first-order chi connectivity index (χ1) is 11.2. The van der Waals surface area contributed by atoms with E-state index in [2.05, 4.69) is 91.2 Å². The summed E-state index contributed by atoms with van der Waals surface area (Å²) in [4.78, 5) is 2.12. The van der Waals surface area contributed by atoms with E-state index in [4.69, 9.17) is 0 Å². The van der Waals surface area contributed by atoms with Crippen LogP contribution < -0.4 is 9.47 Å². The van der Waals surface area contributed by atoms with Crippen LogP contribution in [0.2, 0.25) is 0 Å². The summed E-state index contributed by atoms with van der Waals surface area (Å²) >= 11 is 1.86. The maximum absolute atomic E-state index is 2.42.